The van der Waals surface area contributed by atoms with Crippen molar-refractivity contribution in [3.63, 3.8) is 0 Å². The van der Waals surface area contributed by atoms with Crippen LogP contribution in [-0.4, -0.2) is 21.3 Å². The molecule has 0 unspecified atom stereocenters. The van der Waals surface area contributed by atoms with Crippen LogP contribution in [0.25, 0.3) is 0 Å². The van der Waals surface area contributed by atoms with Crippen molar-refractivity contribution >= 4 is 5.97 Å². The molecular formula is C16H20N2O3. The zero-order chi connectivity index (χ0) is 15.2. The number of carboxylic acids is 1. The van der Waals surface area contributed by atoms with Crippen LogP contribution in [0.1, 0.15) is 47.7 Å². The molecule has 0 bridgehead atoms. The summed E-state index contributed by atoms with van der Waals surface area (Å²) in [6.45, 7) is 4.17. The van der Waals surface area contributed by atoms with Crippen molar-refractivity contribution < 1.29 is 14.3 Å². The fourth-order valence-corrected chi connectivity index (χ4v) is 2.10. The molecular weight excluding hydrogens is 268 g/mol. The molecule has 0 fully saturated rings. The van der Waals surface area contributed by atoms with Crippen LogP contribution in [0.15, 0.2) is 22.6 Å². The lowest BCUT2D eigenvalue weighted by Crippen LogP contribution is -1.95. The van der Waals surface area contributed by atoms with Crippen LogP contribution in [0.3, 0.4) is 0 Å². The molecule has 2 aromatic rings. The van der Waals surface area contributed by atoms with E-state index in [1.807, 2.05) is 0 Å². The minimum atomic E-state index is -0.768. The van der Waals surface area contributed by atoms with Crippen LogP contribution in [-0.2, 0) is 17.6 Å². The van der Waals surface area contributed by atoms with Gasteiger partial charge in [-0.1, -0.05) is 18.2 Å². The molecule has 1 aromatic heterocycles. The topological polar surface area (TPSA) is 76.2 Å². The Bertz CT molecular complexity index is 620. The molecule has 0 spiro atoms. The summed E-state index contributed by atoms with van der Waals surface area (Å²) >= 11 is 0. The number of unbranched alkanes of at least 4 members (excludes halogenated alkanes) is 1. The predicted molar refractivity (Wildman–Crippen MR) is 78.2 cm³/mol. The summed E-state index contributed by atoms with van der Waals surface area (Å²) < 4.78 is 5.60. The van der Waals surface area contributed by atoms with Crippen molar-refractivity contribution in [3.8, 4) is 0 Å². The largest absolute Gasteiger partial charge is 0.481 e. The second-order valence-electron chi connectivity index (χ2n) is 5.29. The predicted octanol–water partition coefficient (Wildman–Crippen LogP) is 3.07. The smallest absolute Gasteiger partial charge is 0.303 e. The molecule has 0 radical (unpaired) electrons. The Morgan fingerprint density at radius 3 is 2.62 bits per heavy atom. The van der Waals surface area contributed by atoms with E-state index in [-0.39, 0.29) is 6.42 Å². The number of benzene rings is 1. The number of aromatic nitrogens is 2. The minimum absolute atomic E-state index is 0.184. The van der Waals surface area contributed by atoms with E-state index in [1.165, 1.54) is 11.1 Å². The summed E-state index contributed by atoms with van der Waals surface area (Å²) in [5, 5.41) is 16.6. The van der Waals surface area contributed by atoms with Crippen LogP contribution in [0.4, 0.5) is 0 Å². The Hall–Kier alpha value is -2.17. The highest BCUT2D eigenvalue weighted by atomic mass is 16.4. The molecule has 0 aliphatic heterocycles. The fourth-order valence-electron chi connectivity index (χ4n) is 2.10. The average molecular weight is 288 g/mol. The van der Waals surface area contributed by atoms with Gasteiger partial charge in [0.15, 0.2) is 0 Å². The first kappa shape index (κ1) is 15.2. The maximum absolute atomic E-state index is 10.4. The van der Waals surface area contributed by atoms with Gasteiger partial charge in [0.25, 0.3) is 0 Å². The molecule has 0 saturated carbocycles. The number of rotatable bonds is 7. The van der Waals surface area contributed by atoms with E-state index in [0.717, 1.165) is 12.0 Å². The molecule has 0 amide bonds. The third-order valence-corrected chi connectivity index (χ3v) is 3.47. The van der Waals surface area contributed by atoms with Crippen molar-refractivity contribution in [2.75, 3.05) is 0 Å². The molecule has 0 aliphatic carbocycles. The highest BCUT2D eigenvalue weighted by Gasteiger charge is 2.08. The Labute approximate surface area is 124 Å². The maximum Gasteiger partial charge on any atom is 0.303 e. The van der Waals surface area contributed by atoms with Gasteiger partial charge in [-0.25, -0.2) is 0 Å². The van der Waals surface area contributed by atoms with Gasteiger partial charge in [-0.05, 0) is 43.4 Å². The molecule has 2 rings (SSSR count). The van der Waals surface area contributed by atoms with E-state index < -0.39 is 5.97 Å². The normalized spacial score (nSPS) is 10.8. The second-order valence-corrected chi connectivity index (χ2v) is 5.29. The highest BCUT2D eigenvalue weighted by Crippen LogP contribution is 2.14. The summed E-state index contributed by atoms with van der Waals surface area (Å²) in [4.78, 5) is 10.4. The summed E-state index contributed by atoms with van der Waals surface area (Å²) in [6.07, 6.45) is 2.82. The molecule has 5 heteroatoms. The summed E-state index contributed by atoms with van der Waals surface area (Å²) in [7, 11) is 0. The lowest BCUT2D eigenvalue weighted by atomic mass is 10.0. The van der Waals surface area contributed by atoms with Gasteiger partial charge in [-0.3, -0.25) is 4.79 Å². The lowest BCUT2D eigenvalue weighted by Gasteiger charge is -2.02. The van der Waals surface area contributed by atoms with E-state index >= 15 is 0 Å². The van der Waals surface area contributed by atoms with Crippen molar-refractivity contribution in [2.45, 2.75) is 46.0 Å². The van der Waals surface area contributed by atoms with Crippen molar-refractivity contribution in [1.82, 2.24) is 10.2 Å². The molecule has 1 aromatic carbocycles. The molecule has 0 saturated heterocycles. The standard InChI is InChI=1S/C16H20N2O3/c1-11-7-8-13(9-12(11)2)10-15-18-17-14(21-15)5-3-4-6-16(19)20/h7-9H,3-6,10H2,1-2H3,(H,19,20). The van der Waals surface area contributed by atoms with Gasteiger partial charge >= 0.3 is 5.97 Å². The van der Waals surface area contributed by atoms with E-state index in [9.17, 15) is 4.79 Å². The number of aliphatic carboxylic acids is 1. The lowest BCUT2D eigenvalue weighted by molar-refractivity contribution is -0.137. The SMILES string of the molecule is Cc1ccc(Cc2nnc(CCCCC(=O)O)o2)cc1C. The minimum Gasteiger partial charge on any atom is -0.481 e. The zero-order valence-corrected chi connectivity index (χ0v) is 12.4. The number of aryl methyl sites for hydroxylation is 3. The van der Waals surface area contributed by atoms with Gasteiger partial charge in [-0.15, -0.1) is 10.2 Å². The van der Waals surface area contributed by atoms with Gasteiger partial charge in [0.05, 0.1) is 6.42 Å². The van der Waals surface area contributed by atoms with Crippen LogP contribution >= 0.6 is 0 Å². The molecule has 1 heterocycles. The molecule has 21 heavy (non-hydrogen) atoms. The first-order valence-corrected chi connectivity index (χ1v) is 7.14. The Balaban J connectivity index is 1.87. The first-order valence-electron chi connectivity index (χ1n) is 7.14. The Morgan fingerprint density at radius 2 is 1.90 bits per heavy atom. The van der Waals surface area contributed by atoms with Crippen LogP contribution in [0.5, 0.6) is 0 Å². The molecule has 0 atom stereocenters. The van der Waals surface area contributed by atoms with E-state index in [1.54, 1.807) is 0 Å². The van der Waals surface area contributed by atoms with Crippen molar-refractivity contribution in [1.29, 1.82) is 0 Å². The van der Waals surface area contributed by atoms with Crippen molar-refractivity contribution in [3.05, 3.63) is 46.7 Å². The summed E-state index contributed by atoms with van der Waals surface area (Å²) in [5.74, 6) is 0.418. The van der Waals surface area contributed by atoms with Gasteiger partial charge in [-0.2, -0.15) is 0 Å². The Kier molecular flexibility index (Phi) is 5.09. The summed E-state index contributed by atoms with van der Waals surface area (Å²) in [6, 6.07) is 6.29. The number of carbonyl (C=O) groups is 1. The Morgan fingerprint density at radius 1 is 1.14 bits per heavy atom. The third-order valence-electron chi connectivity index (χ3n) is 3.47. The number of nitrogens with zero attached hydrogens (tertiary/aromatic N) is 2. The molecule has 112 valence electrons. The van der Waals surface area contributed by atoms with Gasteiger partial charge in [0, 0.05) is 12.8 Å². The highest BCUT2D eigenvalue weighted by molar-refractivity contribution is 5.66. The zero-order valence-electron chi connectivity index (χ0n) is 12.4. The van der Waals surface area contributed by atoms with E-state index in [0.29, 0.717) is 31.0 Å². The van der Waals surface area contributed by atoms with Crippen molar-refractivity contribution in [2.24, 2.45) is 0 Å². The molecule has 0 aliphatic rings. The van der Waals surface area contributed by atoms with Crippen LogP contribution < -0.4 is 0 Å². The fraction of sp³-hybridized carbons (Fsp3) is 0.438. The number of hydrogen-bond acceptors (Lipinski definition) is 4. The van der Waals surface area contributed by atoms with Crippen LogP contribution in [0.2, 0.25) is 0 Å². The number of hydrogen-bond donors (Lipinski definition) is 1. The first-order chi connectivity index (χ1) is 10.0. The van der Waals surface area contributed by atoms with Gasteiger partial charge in [0.2, 0.25) is 11.8 Å². The number of carboxylic acid groups (broad SMARTS) is 1. The average Bonchev–Trinajstić information content (AvgIpc) is 2.86. The van der Waals surface area contributed by atoms with Crippen LogP contribution in [0, 0.1) is 13.8 Å². The summed E-state index contributed by atoms with van der Waals surface area (Å²) in [5.41, 5.74) is 3.67. The van der Waals surface area contributed by atoms with E-state index in [4.69, 9.17) is 9.52 Å². The monoisotopic (exact) mass is 288 g/mol. The third kappa shape index (κ3) is 4.70. The van der Waals surface area contributed by atoms with Gasteiger partial charge < -0.3 is 9.52 Å². The molecule has 5 nitrogen and oxygen atoms in total. The quantitative estimate of drug-likeness (QED) is 0.792. The van der Waals surface area contributed by atoms with E-state index in [2.05, 4.69) is 42.2 Å². The maximum atomic E-state index is 10.4. The second kappa shape index (κ2) is 7.02. The molecule has 1 N–H and O–H groups in total. The van der Waals surface area contributed by atoms with Gasteiger partial charge in [0.1, 0.15) is 0 Å².